The molecule has 4 rings (SSSR count). The number of carbonyl (C=O) groups is 1. The molecule has 0 radical (unpaired) electrons. The molecule has 2 heterocycles. The van der Waals surface area contributed by atoms with E-state index in [0.29, 0.717) is 10.8 Å². The summed E-state index contributed by atoms with van der Waals surface area (Å²) in [5.41, 5.74) is 1.50. The van der Waals surface area contributed by atoms with Gasteiger partial charge in [-0.3, -0.25) is 14.2 Å². The molecule has 0 bridgehead atoms. The number of hydrogen-bond donors (Lipinski definition) is 1. The van der Waals surface area contributed by atoms with Gasteiger partial charge in [0.2, 0.25) is 5.91 Å². The number of fused-ring (bicyclic) bond motifs is 3. The van der Waals surface area contributed by atoms with E-state index in [0.717, 1.165) is 35.0 Å². The van der Waals surface area contributed by atoms with E-state index in [1.54, 1.807) is 31.4 Å². The minimum absolute atomic E-state index is 0.0559. The van der Waals surface area contributed by atoms with Gasteiger partial charge in [-0.15, -0.1) is 11.3 Å². The van der Waals surface area contributed by atoms with Crippen LogP contribution < -0.4 is 10.9 Å². The first-order valence-corrected chi connectivity index (χ1v) is 10.4. The van der Waals surface area contributed by atoms with Crippen molar-refractivity contribution in [1.82, 2.24) is 9.55 Å². The highest BCUT2D eigenvalue weighted by atomic mass is 32.2. The number of thiophene rings is 1. The van der Waals surface area contributed by atoms with Crippen molar-refractivity contribution in [1.29, 1.82) is 0 Å². The van der Waals surface area contributed by atoms with Crippen LogP contribution in [0.15, 0.2) is 34.2 Å². The summed E-state index contributed by atoms with van der Waals surface area (Å²) in [5.74, 6) is -0.679. The molecule has 1 aliphatic carbocycles. The van der Waals surface area contributed by atoms with Crippen LogP contribution in [0.25, 0.3) is 10.2 Å². The van der Waals surface area contributed by atoms with Crippen LogP contribution in [0.4, 0.5) is 10.1 Å². The molecule has 0 unspecified atom stereocenters. The van der Waals surface area contributed by atoms with Crippen LogP contribution in [0, 0.1) is 5.82 Å². The molecule has 1 amide bonds. The van der Waals surface area contributed by atoms with Gasteiger partial charge in [0.15, 0.2) is 5.16 Å². The van der Waals surface area contributed by atoms with Crippen LogP contribution in [0.3, 0.4) is 0 Å². The van der Waals surface area contributed by atoms with E-state index in [4.69, 9.17) is 0 Å². The monoisotopic (exact) mass is 403 g/mol. The first-order valence-electron chi connectivity index (χ1n) is 8.68. The molecule has 5 nitrogen and oxygen atoms in total. The van der Waals surface area contributed by atoms with Crippen molar-refractivity contribution in [2.24, 2.45) is 7.05 Å². The fraction of sp³-hybridized carbons (Fsp3) is 0.316. The van der Waals surface area contributed by atoms with Gasteiger partial charge in [-0.05, 0) is 49.9 Å². The molecule has 0 fully saturated rings. The molecular weight excluding hydrogens is 385 g/mol. The number of aromatic nitrogens is 2. The average Bonchev–Trinajstić information content (AvgIpc) is 3.20. The van der Waals surface area contributed by atoms with E-state index in [2.05, 4.69) is 10.3 Å². The number of nitrogens with one attached hydrogen (secondary N) is 1. The molecule has 1 atom stereocenters. The number of aryl methyl sites for hydroxylation is 2. The Labute approximate surface area is 163 Å². The molecule has 1 aromatic carbocycles. The minimum atomic E-state index is -0.490. The summed E-state index contributed by atoms with van der Waals surface area (Å²) in [7, 11) is 1.69. The standard InChI is InChI=1S/C19H18FN3O2S2/c1-10(16(24)21-12-6-3-5-11(20)9-12)26-19-22-17-15(18(25)23(19)2)13-7-4-8-14(13)27-17/h3,5-6,9-10H,4,7-8H2,1-2H3,(H,21,24)/t10-/m1/s1. The zero-order valence-corrected chi connectivity index (χ0v) is 16.5. The molecule has 27 heavy (non-hydrogen) atoms. The number of anilines is 1. The molecule has 0 spiro atoms. The van der Waals surface area contributed by atoms with Gasteiger partial charge in [0, 0.05) is 17.6 Å². The second kappa shape index (κ2) is 7.09. The van der Waals surface area contributed by atoms with Crippen LogP contribution in [-0.2, 0) is 24.7 Å². The molecule has 0 saturated heterocycles. The van der Waals surface area contributed by atoms with Crippen molar-refractivity contribution in [3.63, 3.8) is 0 Å². The van der Waals surface area contributed by atoms with Crippen molar-refractivity contribution in [3.8, 4) is 0 Å². The number of nitrogens with zero attached hydrogens (tertiary/aromatic N) is 2. The van der Waals surface area contributed by atoms with Crippen LogP contribution in [0.1, 0.15) is 23.8 Å². The number of amides is 1. The Bertz CT molecular complexity index is 1110. The molecular formula is C19H18FN3O2S2. The lowest BCUT2D eigenvalue weighted by atomic mass is 10.2. The molecule has 140 valence electrons. The van der Waals surface area contributed by atoms with Gasteiger partial charge in [-0.25, -0.2) is 9.37 Å². The summed E-state index contributed by atoms with van der Waals surface area (Å²) in [5, 5.41) is 3.44. The molecule has 8 heteroatoms. The molecule has 0 saturated carbocycles. The second-order valence-electron chi connectivity index (χ2n) is 6.56. The first kappa shape index (κ1) is 18.2. The van der Waals surface area contributed by atoms with Gasteiger partial charge in [-0.2, -0.15) is 0 Å². The summed E-state index contributed by atoms with van der Waals surface area (Å²) in [6.07, 6.45) is 3.04. The number of halogens is 1. The number of hydrogen-bond acceptors (Lipinski definition) is 5. The van der Waals surface area contributed by atoms with Crippen LogP contribution in [0.2, 0.25) is 0 Å². The maximum absolute atomic E-state index is 13.3. The van der Waals surface area contributed by atoms with E-state index in [-0.39, 0.29) is 11.5 Å². The summed E-state index contributed by atoms with van der Waals surface area (Å²) in [4.78, 5) is 31.9. The number of carbonyl (C=O) groups excluding carboxylic acids is 1. The third-order valence-electron chi connectivity index (χ3n) is 4.65. The highest BCUT2D eigenvalue weighted by Gasteiger charge is 2.24. The highest BCUT2D eigenvalue weighted by Crippen LogP contribution is 2.35. The number of benzene rings is 1. The van der Waals surface area contributed by atoms with E-state index in [1.807, 2.05) is 0 Å². The molecule has 1 aliphatic rings. The van der Waals surface area contributed by atoms with Crippen LogP contribution >= 0.6 is 23.1 Å². The minimum Gasteiger partial charge on any atom is -0.325 e. The lowest BCUT2D eigenvalue weighted by Gasteiger charge is -2.13. The third kappa shape index (κ3) is 3.39. The highest BCUT2D eigenvalue weighted by molar-refractivity contribution is 8.00. The fourth-order valence-corrected chi connectivity index (χ4v) is 5.41. The third-order valence-corrected chi connectivity index (χ3v) is 6.98. The second-order valence-corrected chi connectivity index (χ2v) is 8.95. The Hall–Kier alpha value is -2.19. The zero-order chi connectivity index (χ0) is 19.1. The summed E-state index contributed by atoms with van der Waals surface area (Å²) in [6, 6.07) is 5.76. The number of rotatable bonds is 4. The van der Waals surface area contributed by atoms with E-state index >= 15 is 0 Å². The van der Waals surface area contributed by atoms with Crippen LogP contribution in [0.5, 0.6) is 0 Å². The van der Waals surface area contributed by atoms with Crippen molar-refractivity contribution in [2.75, 3.05) is 5.32 Å². The SMILES string of the molecule is C[C@@H](Sc1nc2sc3c(c2c(=O)n1C)CCC3)C(=O)Nc1cccc(F)c1. The van der Waals surface area contributed by atoms with Gasteiger partial charge in [0.05, 0.1) is 10.6 Å². The molecule has 0 aliphatic heterocycles. The predicted octanol–water partition coefficient (Wildman–Crippen LogP) is 3.74. The Morgan fingerprint density at radius 2 is 2.22 bits per heavy atom. The smallest absolute Gasteiger partial charge is 0.262 e. The van der Waals surface area contributed by atoms with Gasteiger partial charge >= 0.3 is 0 Å². The lowest BCUT2D eigenvalue weighted by Crippen LogP contribution is -2.25. The van der Waals surface area contributed by atoms with E-state index in [9.17, 15) is 14.0 Å². The quantitative estimate of drug-likeness (QED) is 0.532. The zero-order valence-electron chi connectivity index (χ0n) is 14.9. The predicted molar refractivity (Wildman–Crippen MR) is 107 cm³/mol. The summed E-state index contributed by atoms with van der Waals surface area (Å²) in [6.45, 7) is 1.74. The molecule has 3 aromatic rings. The maximum atomic E-state index is 13.3. The molecule has 1 N–H and O–H groups in total. The Morgan fingerprint density at radius 1 is 1.41 bits per heavy atom. The summed E-state index contributed by atoms with van der Waals surface area (Å²) < 4.78 is 14.8. The Kier molecular flexibility index (Phi) is 4.77. The maximum Gasteiger partial charge on any atom is 0.262 e. The number of thioether (sulfide) groups is 1. The Morgan fingerprint density at radius 3 is 3.00 bits per heavy atom. The summed E-state index contributed by atoms with van der Waals surface area (Å²) >= 11 is 2.81. The van der Waals surface area contributed by atoms with Crippen molar-refractivity contribution in [3.05, 3.63) is 50.9 Å². The van der Waals surface area contributed by atoms with Gasteiger partial charge in [0.1, 0.15) is 10.6 Å². The van der Waals surface area contributed by atoms with E-state index in [1.165, 1.54) is 39.4 Å². The van der Waals surface area contributed by atoms with E-state index < -0.39 is 11.1 Å². The van der Waals surface area contributed by atoms with Gasteiger partial charge < -0.3 is 5.32 Å². The van der Waals surface area contributed by atoms with Crippen molar-refractivity contribution in [2.45, 2.75) is 36.6 Å². The van der Waals surface area contributed by atoms with Crippen molar-refractivity contribution < 1.29 is 9.18 Å². The van der Waals surface area contributed by atoms with Crippen molar-refractivity contribution >= 4 is 44.9 Å². The topological polar surface area (TPSA) is 64.0 Å². The largest absolute Gasteiger partial charge is 0.325 e. The van der Waals surface area contributed by atoms with Gasteiger partial charge in [0.25, 0.3) is 5.56 Å². The Balaban J connectivity index is 1.58. The van der Waals surface area contributed by atoms with Gasteiger partial charge in [-0.1, -0.05) is 17.8 Å². The van der Waals surface area contributed by atoms with Crippen LogP contribution in [-0.4, -0.2) is 20.7 Å². The average molecular weight is 404 g/mol. The molecule has 2 aromatic heterocycles. The first-order chi connectivity index (χ1) is 12.9. The fourth-order valence-electron chi connectivity index (χ4n) is 3.23. The lowest BCUT2D eigenvalue weighted by molar-refractivity contribution is -0.115. The normalized spacial score (nSPS) is 14.3.